The van der Waals surface area contributed by atoms with Crippen LogP contribution in [0.25, 0.3) is 11.0 Å². The molecule has 0 aliphatic rings. The molecule has 0 saturated carbocycles. The third-order valence-corrected chi connectivity index (χ3v) is 2.88. The molecule has 0 spiro atoms. The maximum absolute atomic E-state index is 11.3. The van der Waals surface area contributed by atoms with Gasteiger partial charge in [-0.2, -0.15) is 5.10 Å². The van der Waals surface area contributed by atoms with Gasteiger partial charge in [-0.25, -0.2) is 9.78 Å². The lowest BCUT2D eigenvalue weighted by molar-refractivity contribution is 0.0691. The molecule has 7 heteroatoms. The summed E-state index contributed by atoms with van der Waals surface area (Å²) in [5.41, 5.74) is 0.557. The van der Waals surface area contributed by atoms with Gasteiger partial charge in [-0.15, -0.1) is 0 Å². The summed E-state index contributed by atoms with van der Waals surface area (Å²) in [7, 11) is 1.73. The van der Waals surface area contributed by atoms with Crippen molar-refractivity contribution in [3.05, 3.63) is 42.1 Å². The zero-order chi connectivity index (χ0) is 14.1. The fourth-order valence-corrected chi connectivity index (χ4v) is 1.92. The summed E-state index contributed by atoms with van der Waals surface area (Å²) in [6.07, 6.45) is 4.33. The molecular formula is C13H11N3O4. The Hall–Kier alpha value is -2.83. The van der Waals surface area contributed by atoms with Crippen LogP contribution in [0.1, 0.15) is 16.1 Å². The van der Waals surface area contributed by atoms with Crippen molar-refractivity contribution < 1.29 is 19.1 Å². The van der Waals surface area contributed by atoms with Crippen LogP contribution in [0.3, 0.4) is 0 Å². The van der Waals surface area contributed by atoms with Crippen molar-refractivity contribution in [3.63, 3.8) is 0 Å². The summed E-state index contributed by atoms with van der Waals surface area (Å²) in [5, 5.41) is 13.8. The Morgan fingerprint density at radius 1 is 1.50 bits per heavy atom. The summed E-state index contributed by atoms with van der Waals surface area (Å²) >= 11 is 0. The van der Waals surface area contributed by atoms with Gasteiger partial charge >= 0.3 is 5.97 Å². The molecule has 3 heterocycles. The van der Waals surface area contributed by atoms with Gasteiger partial charge in [0.05, 0.1) is 17.8 Å². The number of aromatic carboxylic acids is 1. The van der Waals surface area contributed by atoms with Crippen LogP contribution in [0.2, 0.25) is 0 Å². The number of hydrogen-bond acceptors (Lipinski definition) is 5. The zero-order valence-corrected chi connectivity index (χ0v) is 10.6. The molecule has 0 atom stereocenters. The molecule has 1 N–H and O–H groups in total. The number of fused-ring (bicyclic) bond motifs is 1. The lowest BCUT2D eigenvalue weighted by Crippen LogP contribution is -2.05. The minimum Gasteiger partial charge on any atom is -0.484 e. The third kappa shape index (κ3) is 1.99. The second kappa shape index (κ2) is 4.69. The molecule has 0 saturated heterocycles. The summed E-state index contributed by atoms with van der Waals surface area (Å²) in [5.74, 6) is -0.250. The minimum absolute atomic E-state index is 0.00273. The van der Waals surface area contributed by atoms with Crippen LogP contribution in [0.4, 0.5) is 0 Å². The highest BCUT2D eigenvalue weighted by molar-refractivity contribution is 5.97. The van der Waals surface area contributed by atoms with E-state index in [-0.39, 0.29) is 17.9 Å². The molecule has 102 valence electrons. The molecule has 3 aromatic rings. The molecular weight excluding hydrogens is 262 g/mol. The monoisotopic (exact) mass is 273 g/mol. The number of rotatable bonds is 4. The number of nitrogens with zero attached hydrogens (tertiary/aromatic N) is 3. The largest absolute Gasteiger partial charge is 0.484 e. The highest BCUT2D eigenvalue weighted by Gasteiger charge is 2.18. The Labute approximate surface area is 113 Å². The Bertz CT molecular complexity index is 761. The first-order chi connectivity index (χ1) is 9.66. The Balaban J connectivity index is 2.05. The van der Waals surface area contributed by atoms with E-state index in [0.29, 0.717) is 16.8 Å². The number of carboxylic acid groups (broad SMARTS) is 1. The van der Waals surface area contributed by atoms with Crippen molar-refractivity contribution in [2.24, 2.45) is 7.05 Å². The van der Waals surface area contributed by atoms with Crippen LogP contribution in [-0.4, -0.2) is 25.8 Å². The first kappa shape index (κ1) is 12.2. The maximum atomic E-state index is 11.3. The van der Waals surface area contributed by atoms with E-state index in [0.717, 1.165) is 0 Å². The van der Waals surface area contributed by atoms with Gasteiger partial charge in [0, 0.05) is 13.2 Å². The van der Waals surface area contributed by atoms with E-state index >= 15 is 0 Å². The molecule has 0 aliphatic carbocycles. The number of aromatic nitrogens is 3. The van der Waals surface area contributed by atoms with Crippen molar-refractivity contribution in [2.45, 2.75) is 6.61 Å². The van der Waals surface area contributed by atoms with E-state index in [1.807, 2.05) is 0 Å². The fourth-order valence-electron chi connectivity index (χ4n) is 1.92. The van der Waals surface area contributed by atoms with Gasteiger partial charge in [0.1, 0.15) is 23.7 Å². The van der Waals surface area contributed by atoms with Gasteiger partial charge < -0.3 is 14.3 Å². The van der Waals surface area contributed by atoms with Crippen molar-refractivity contribution in [1.82, 2.24) is 14.8 Å². The number of pyridine rings is 1. The lowest BCUT2D eigenvalue weighted by Gasteiger charge is -2.08. The van der Waals surface area contributed by atoms with E-state index in [9.17, 15) is 9.90 Å². The molecule has 0 radical (unpaired) electrons. The zero-order valence-electron chi connectivity index (χ0n) is 10.6. The van der Waals surface area contributed by atoms with E-state index in [4.69, 9.17) is 9.15 Å². The minimum atomic E-state index is -1.10. The molecule has 0 aliphatic heterocycles. The SMILES string of the molecule is Cn1ncc2c(OCc3ccco3)c(C(=O)O)cnc21. The van der Waals surface area contributed by atoms with Crippen molar-refractivity contribution >= 4 is 17.0 Å². The van der Waals surface area contributed by atoms with Crippen LogP contribution in [-0.2, 0) is 13.7 Å². The molecule has 0 fully saturated rings. The number of hydrogen-bond donors (Lipinski definition) is 1. The molecule has 0 aromatic carbocycles. The van der Waals surface area contributed by atoms with Crippen LogP contribution >= 0.6 is 0 Å². The normalized spacial score (nSPS) is 10.8. The first-order valence-corrected chi connectivity index (χ1v) is 5.86. The summed E-state index contributed by atoms with van der Waals surface area (Å²) < 4.78 is 12.3. The van der Waals surface area contributed by atoms with Crippen LogP contribution in [0.5, 0.6) is 5.75 Å². The van der Waals surface area contributed by atoms with E-state index < -0.39 is 5.97 Å². The Morgan fingerprint density at radius 3 is 3.05 bits per heavy atom. The first-order valence-electron chi connectivity index (χ1n) is 5.86. The van der Waals surface area contributed by atoms with Gasteiger partial charge in [0.25, 0.3) is 0 Å². The highest BCUT2D eigenvalue weighted by atomic mass is 16.5. The van der Waals surface area contributed by atoms with Gasteiger partial charge in [-0.3, -0.25) is 4.68 Å². The van der Waals surface area contributed by atoms with Crippen molar-refractivity contribution in [2.75, 3.05) is 0 Å². The van der Waals surface area contributed by atoms with Gasteiger partial charge in [0.15, 0.2) is 5.65 Å². The van der Waals surface area contributed by atoms with Gasteiger partial charge in [-0.05, 0) is 12.1 Å². The molecule has 0 amide bonds. The number of carbonyl (C=O) groups is 1. The molecule has 3 aromatic heterocycles. The van der Waals surface area contributed by atoms with Crippen LogP contribution in [0.15, 0.2) is 35.2 Å². The smallest absolute Gasteiger partial charge is 0.341 e. The maximum Gasteiger partial charge on any atom is 0.341 e. The quantitative estimate of drug-likeness (QED) is 0.780. The van der Waals surface area contributed by atoms with E-state index in [2.05, 4.69) is 10.1 Å². The lowest BCUT2D eigenvalue weighted by atomic mass is 10.2. The van der Waals surface area contributed by atoms with E-state index in [1.165, 1.54) is 18.7 Å². The number of aryl methyl sites for hydroxylation is 1. The standard InChI is InChI=1S/C13H11N3O4/c1-16-12-9(6-15-16)11(10(5-14-12)13(17)18)20-7-8-3-2-4-19-8/h2-6H,7H2,1H3,(H,17,18). The number of furan rings is 1. The molecule has 0 bridgehead atoms. The molecule has 3 rings (SSSR count). The number of carboxylic acids is 1. The van der Waals surface area contributed by atoms with Crippen LogP contribution in [0, 0.1) is 0 Å². The highest BCUT2D eigenvalue weighted by Crippen LogP contribution is 2.28. The average Bonchev–Trinajstić information content (AvgIpc) is 3.06. The molecule has 20 heavy (non-hydrogen) atoms. The molecule has 0 unspecified atom stereocenters. The Kier molecular flexibility index (Phi) is 2.86. The second-order valence-corrected chi connectivity index (χ2v) is 4.18. The molecule has 7 nitrogen and oxygen atoms in total. The summed E-state index contributed by atoms with van der Waals surface area (Å²) in [6, 6.07) is 3.49. The predicted molar refractivity (Wildman–Crippen MR) is 68.5 cm³/mol. The topological polar surface area (TPSA) is 90.4 Å². The fraction of sp³-hybridized carbons (Fsp3) is 0.154. The summed E-state index contributed by atoms with van der Waals surface area (Å²) in [4.78, 5) is 15.3. The summed E-state index contributed by atoms with van der Waals surface area (Å²) in [6.45, 7) is 0.140. The second-order valence-electron chi connectivity index (χ2n) is 4.18. The average molecular weight is 273 g/mol. The van der Waals surface area contributed by atoms with Crippen molar-refractivity contribution in [3.8, 4) is 5.75 Å². The Morgan fingerprint density at radius 2 is 2.35 bits per heavy atom. The van der Waals surface area contributed by atoms with Crippen LogP contribution < -0.4 is 4.74 Å². The number of ether oxygens (including phenoxy) is 1. The predicted octanol–water partition coefficient (Wildman–Crippen LogP) is 1.84. The third-order valence-electron chi connectivity index (χ3n) is 2.88. The van der Waals surface area contributed by atoms with Gasteiger partial charge in [0.2, 0.25) is 0 Å². The van der Waals surface area contributed by atoms with Gasteiger partial charge in [-0.1, -0.05) is 0 Å². The van der Waals surface area contributed by atoms with E-state index in [1.54, 1.807) is 23.9 Å². The van der Waals surface area contributed by atoms with Crippen molar-refractivity contribution in [1.29, 1.82) is 0 Å².